The molecule has 1 fully saturated rings. The second-order valence-corrected chi connectivity index (χ2v) is 7.83. The van der Waals surface area contributed by atoms with Gasteiger partial charge in [0.15, 0.2) is 6.61 Å². The first-order valence-electron chi connectivity index (χ1n) is 10.2. The third-order valence-electron chi connectivity index (χ3n) is 5.09. The zero-order valence-electron chi connectivity index (χ0n) is 17.9. The average molecular weight is 486 g/mol. The van der Waals surface area contributed by atoms with Gasteiger partial charge in [-0.1, -0.05) is 29.8 Å². The number of hydrogen-bond acceptors (Lipinski definition) is 6. The van der Waals surface area contributed by atoms with Crippen molar-refractivity contribution in [3.05, 3.63) is 52.7 Å². The molecule has 0 N–H and O–H groups in total. The molecule has 178 valence electrons. The predicted molar refractivity (Wildman–Crippen MR) is 115 cm³/mol. The van der Waals surface area contributed by atoms with Gasteiger partial charge in [-0.25, -0.2) is 4.98 Å². The SMILES string of the molecule is Cc1ccccc1OCCC(=O)OCC(=O)N1CCN(c2ncc(C(F)(F)F)cc2Cl)CC1. The van der Waals surface area contributed by atoms with E-state index in [0.717, 1.165) is 17.8 Å². The summed E-state index contributed by atoms with van der Waals surface area (Å²) in [6.07, 6.45) is -3.78. The smallest absolute Gasteiger partial charge is 0.417 e. The van der Waals surface area contributed by atoms with Gasteiger partial charge in [0, 0.05) is 32.4 Å². The Morgan fingerprint density at radius 1 is 1.15 bits per heavy atom. The maximum Gasteiger partial charge on any atom is 0.417 e. The highest BCUT2D eigenvalue weighted by Crippen LogP contribution is 2.33. The lowest BCUT2D eigenvalue weighted by Gasteiger charge is -2.35. The Labute approximate surface area is 194 Å². The van der Waals surface area contributed by atoms with Crippen molar-refractivity contribution in [2.75, 3.05) is 44.3 Å². The minimum atomic E-state index is -4.52. The highest BCUT2D eigenvalue weighted by molar-refractivity contribution is 6.33. The zero-order chi connectivity index (χ0) is 24.0. The first-order chi connectivity index (χ1) is 15.6. The van der Waals surface area contributed by atoms with Gasteiger partial charge in [-0.15, -0.1) is 0 Å². The summed E-state index contributed by atoms with van der Waals surface area (Å²) in [5, 5.41) is -0.105. The van der Waals surface area contributed by atoms with E-state index in [1.807, 2.05) is 25.1 Å². The number of alkyl halides is 3. The van der Waals surface area contributed by atoms with Crippen LogP contribution in [0.3, 0.4) is 0 Å². The molecule has 1 aliphatic heterocycles. The maximum absolute atomic E-state index is 12.8. The number of benzene rings is 1. The van der Waals surface area contributed by atoms with E-state index in [1.165, 1.54) is 4.90 Å². The molecule has 0 atom stereocenters. The summed E-state index contributed by atoms with van der Waals surface area (Å²) in [7, 11) is 0. The Kier molecular flexibility index (Phi) is 8.01. The van der Waals surface area contributed by atoms with Gasteiger partial charge in [0.1, 0.15) is 11.6 Å². The molecule has 7 nitrogen and oxygen atoms in total. The van der Waals surface area contributed by atoms with E-state index in [4.69, 9.17) is 21.1 Å². The normalized spacial score (nSPS) is 14.2. The van der Waals surface area contributed by atoms with E-state index in [9.17, 15) is 22.8 Å². The molecule has 0 aliphatic carbocycles. The molecule has 1 aromatic heterocycles. The molecule has 0 saturated carbocycles. The zero-order valence-corrected chi connectivity index (χ0v) is 18.7. The first-order valence-corrected chi connectivity index (χ1v) is 10.6. The van der Waals surface area contributed by atoms with Crippen molar-refractivity contribution < 1.29 is 32.2 Å². The molecule has 2 aromatic rings. The summed E-state index contributed by atoms with van der Waals surface area (Å²) in [5.41, 5.74) is 0.0316. The Bertz CT molecular complexity index is 995. The van der Waals surface area contributed by atoms with Gasteiger partial charge in [-0.05, 0) is 24.6 Å². The number of rotatable bonds is 7. The van der Waals surface area contributed by atoms with Gasteiger partial charge in [-0.2, -0.15) is 13.2 Å². The largest absolute Gasteiger partial charge is 0.493 e. The number of aromatic nitrogens is 1. The molecular formula is C22H23ClF3N3O4. The number of nitrogens with zero attached hydrogens (tertiary/aromatic N) is 3. The predicted octanol–water partition coefficient (Wildman–Crippen LogP) is 3.72. The molecule has 1 aromatic carbocycles. The standard InChI is InChI=1S/C22H23ClF3N3O4/c1-15-4-2-3-5-18(15)32-11-6-20(31)33-14-19(30)28-7-9-29(10-8-28)21-17(23)12-16(13-27-21)22(24,25)26/h2-5,12-13H,6-11,14H2,1H3. The van der Waals surface area contributed by atoms with Gasteiger partial charge in [0.25, 0.3) is 5.91 Å². The lowest BCUT2D eigenvalue weighted by molar-refractivity contribution is -0.152. The van der Waals surface area contributed by atoms with Crippen LogP contribution in [0.1, 0.15) is 17.5 Å². The summed E-state index contributed by atoms with van der Waals surface area (Å²) < 4.78 is 48.9. The number of halogens is 4. The Hall–Kier alpha value is -3.01. The number of esters is 1. The third-order valence-corrected chi connectivity index (χ3v) is 5.37. The maximum atomic E-state index is 12.8. The van der Waals surface area contributed by atoms with E-state index in [-0.39, 0.29) is 36.4 Å². The highest BCUT2D eigenvalue weighted by atomic mass is 35.5. The molecule has 2 heterocycles. The molecule has 0 spiro atoms. The number of hydrogen-bond donors (Lipinski definition) is 0. The van der Waals surface area contributed by atoms with Gasteiger partial charge in [0.2, 0.25) is 0 Å². The molecule has 1 saturated heterocycles. The molecule has 1 amide bonds. The fourth-order valence-corrected chi connectivity index (χ4v) is 3.54. The second kappa shape index (κ2) is 10.7. The van der Waals surface area contributed by atoms with E-state index in [2.05, 4.69) is 4.98 Å². The fourth-order valence-electron chi connectivity index (χ4n) is 3.25. The highest BCUT2D eigenvalue weighted by Gasteiger charge is 2.32. The number of carbonyl (C=O) groups is 2. The molecule has 3 rings (SSSR count). The number of ether oxygens (including phenoxy) is 2. The van der Waals surface area contributed by atoms with Crippen LogP contribution < -0.4 is 9.64 Å². The summed E-state index contributed by atoms with van der Waals surface area (Å²) in [6.45, 7) is 2.91. The van der Waals surface area contributed by atoms with E-state index >= 15 is 0 Å². The first kappa shape index (κ1) is 24.6. The number of amides is 1. The topological polar surface area (TPSA) is 72.0 Å². The minimum absolute atomic E-state index is 0.00742. The van der Waals surface area contributed by atoms with E-state index < -0.39 is 17.7 Å². The van der Waals surface area contributed by atoms with Gasteiger partial charge in [-0.3, -0.25) is 9.59 Å². The molecule has 0 unspecified atom stereocenters. The van der Waals surface area contributed by atoms with E-state index in [0.29, 0.717) is 31.9 Å². The van der Waals surface area contributed by atoms with Crippen LogP contribution in [-0.2, 0) is 20.5 Å². The summed E-state index contributed by atoms with van der Waals surface area (Å²) in [5.74, 6) is 0.0179. The lowest BCUT2D eigenvalue weighted by Crippen LogP contribution is -2.50. The monoisotopic (exact) mass is 485 g/mol. The summed E-state index contributed by atoms with van der Waals surface area (Å²) >= 11 is 5.99. The quantitative estimate of drug-likeness (QED) is 0.557. The van der Waals surface area contributed by atoms with Crippen LogP contribution >= 0.6 is 11.6 Å². The third kappa shape index (κ3) is 6.74. The Morgan fingerprint density at radius 3 is 2.48 bits per heavy atom. The van der Waals surface area contributed by atoms with Crippen LogP contribution in [-0.4, -0.2) is 61.2 Å². The molecule has 0 bridgehead atoms. The number of carbonyl (C=O) groups excluding carboxylic acids is 2. The average Bonchev–Trinajstić information content (AvgIpc) is 2.78. The van der Waals surface area contributed by atoms with Crippen molar-refractivity contribution >= 4 is 29.3 Å². The number of aryl methyl sites for hydroxylation is 1. The molecule has 33 heavy (non-hydrogen) atoms. The van der Waals surface area contributed by atoms with Crippen LogP contribution in [0.5, 0.6) is 5.75 Å². The van der Waals surface area contributed by atoms with Crippen LogP contribution in [0.2, 0.25) is 5.02 Å². The van der Waals surface area contributed by atoms with E-state index in [1.54, 1.807) is 11.0 Å². The number of pyridine rings is 1. The fraction of sp³-hybridized carbons (Fsp3) is 0.409. The number of anilines is 1. The van der Waals surface area contributed by atoms with Crippen LogP contribution in [0, 0.1) is 6.92 Å². The molecule has 1 aliphatic rings. The minimum Gasteiger partial charge on any atom is -0.493 e. The molecular weight excluding hydrogens is 463 g/mol. The van der Waals surface area contributed by atoms with Gasteiger partial charge in [0.05, 0.1) is 23.6 Å². The van der Waals surface area contributed by atoms with Crippen LogP contribution in [0.15, 0.2) is 36.5 Å². The molecule has 0 radical (unpaired) electrons. The van der Waals surface area contributed by atoms with Crippen molar-refractivity contribution in [3.8, 4) is 5.75 Å². The number of para-hydroxylation sites is 1. The van der Waals surface area contributed by atoms with Crippen molar-refractivity contribution in [3.63, 3.8) is 0 Å². The Balaban J connectivity index is 1.40. The summed E-state index contributed by atoms with van der Waals surface area (Å²) in [6, 6.07) is 8.26. The van der Waals surface area contributed by atoms with Crippen molar-refractivity contribution in [1.29, 1.82) is 0 Å². The van der Waals surface area contributed by atoms with Crippen molar-refractivity contribution in [1.82, 2.24) is 9.88 Å². The van der Waals surface area contributed by atoms with Crippen LogP contribution in [0.25, 0.3) is 0 Å². The second-order valence-electron chi connectivity index (χ2n) is 7.42. The van der Waals surface area contributed by atoms with Gasteiger partial charge >= 0.3 is 12.1 Å². The van der Waals surface area contributed by atoms with Crippen molar-refractivity contribution in [2.45, 2.75) is 19.5 Å². The van der Waals surface area contributed by atoms with Gasteiger partial charge < -0.3 is 19.3 Å². The van der Waals surface area contributed by atoms with Crippen LogP contribution in [0.4, 0.5) is 19.0 Å². The van der Waals surface area contributed by atoms with Crippen molar-refractivity contribution in [2.24, 2.45) is 0 Å². The molecule has 11 heteroatoms. The summed E-state index contributed by atoms with van der Waals surface area (Å²) in [4.78, 5) is 31.3. The lowest BCUT2D eigenvalue weighted by atomic mass is 10.2. The number of piperazine rings is 1. The Morgan fingerprint density at radius 2 is 1.85 bits per heavy atom.